The Morgan fingerprint density at radius 2 is 0.855 bits per heavy atom. The molecule has 0 saturated carbocycles. The maximum atomic E-state index is 13.1. The Morgan fingerprint density at radius 1 is 0.474 bits per heavy atom. The number of amides is 2. The summed E-state index contributed by atoms with van der Waals surface area (Å²) in [6.45, 7) is 10.8. The number of hydrogen-bond acceptors (Lipinski definition) is 12. The summed E-state index contributed by atoms with van der Waals surface area (Å²) < 4.78 is 36.3. The van der Waals surface area contributed by atoms with Crippen LogP contribution in [0.4, 0.5) is 11.6 Å². The molecule has 4 atom stereocenters. The van der Waals surface area contributed by atoms with Gasteiger partial charge in [-0.25, -0.2) is 9.97 Å². The lowest BCUT2D eigenvalue weighted by atomic mass is 9.83. The van der Waals surface area contributed by atoms with Crippen LogP contribution in [0.3, 0.4) is 0 Å². The SMILES string of the molecule is Cc1cc(N)nc(C)c1CNC(=O)c1ccc2c(c1)C1OC2c2cc(-c3cccc4c3OCCO4)ccc21.Cc1cc(N)nc(C)c1CNC(=O)c1ccc2c(c1)C1OC2c2ccc(-c3cccc4c3OCCO4)cc21. The van der Waals surface area contributed by atoms with E-state index in [2.05, 4.69) is 69.1 Å². The highest BCUT2D eigenvalue weighted by Gasteiger charge is 2.44. The summed E-state index contributed by atoms with van der Waals surface area (Å²) >= 11 is 0. The van der Waals surface area contributed by atoms with E-state index in [1.165, 1.54) is 5.56 Å². The highest BCUT2D eigenvalue weighted by atomic mass is 16.6. The summed E-state index contributed by atoms with van der Waals surface area (Å²) in [4.78, 5) is 34.8. The Bertz CT molecular complexity index is 3700. The van der Waals surface area contributed by atoms with E-state index in [-0.39, 0.29) is 36.2 Å². The predicted molar refractivity (Wildman–Crippen MR) is 287 cm³/mol. The molecule has 6 N–H and O–H groups in total. The van der Waals surface area contributed by atoms with Crippen molar-refractivity contribution in [3.8, 4) is 45.3 Å². The Kier molecular flexibility index (Phi) is 11.5. The van der Waals surface area contributed by atoms with Crippen LogP contribution in [0.2, 0.25) is 0 Å². The van der Waals surface area contributed by atoms with Gasteiger partial charge in [0.15, 0.2) is 23.0 Å². The first-order valence-corrected chi connectivity index (χ1v) is 25.6. The lowest BCUT2D eigenvalue weighted by Crippen LogP contribution is -2.24. The zero-order chi connectivity index (χ0) is 51.9. The smallest absolute Gasteiger partial charge is 0.251 e. The van der Waals surface area contributed by atoms with Crippen LogP contribution < -0.4 is 41.0 Å². The maximum absolute atomic E-state index is 13.1. The molecule has 0 radical (unpaired) electrons. The van der Waals surface area contributed by atoms with E-state index >= 15 is 0 Å². The van der Waals surface area contributed by atoms with Crippen LogP contribution in [-0.4, -0.2) is 48.2 Å². The van der Waals surface area contributed by atoms with Gasteiger partial charge >= 0.3 is 0 Å². The first-order valence-electron chi connectivity index (χ1n) is 25.6. The van der Waals surface area contributed by atoms with Crippen molar-refractivity contribution in [1.82, 2.24) is 20.6 Å². The average molecular weight is 1010 g/mol. The number of nitrogens with zero attached hydrogens (tertiary/aromatic N) is 2. The first kappa shape index (κ1) is 47.0. The molecule has 14 heteroatoms. The van der Waals surface area contributed by atoms with E-state index in [4.69, 9.17) is 39.9 Å². The number of nitrogen functional groups attached to an aromatic ring is 2. The second-order valence-electron chi connectivity index (χ2n) is 20.0. The molecule has 4 bridgehead atoms. The van der Waals surface area contributed by atoms with Crippen molar-refractivity contribution >= 4 is 23.5 Å². The summed E-state index contributed by atoms with van der Waals surface area (Å²) in [7, 11) is 0. The number of ether oxygens (including phenoxy) is 6. The second-order valence-corrected chi connectivity index (χ2v) is 20.0. The minimum atomic E-state index is -0.208. The third-order valence-electron chi connectivity index (χ3n) is 15.4. The molecule has 6 aliphatic rings. The predicted octanol–water partition coefficient (Wildman–Crippen LogP) is 10.3. The number of aryl methyl sites for hydroxylation is 4. The lowest BCUT2D eigenvalue weighted by Gasteiger charge is -2.22. The fourth-order valence-electron chi connectivity index (χ4n) is 11.8. The molecule has 0 spiro atoms. The van der Waals surface area contributed by atoms with Gasteiger partial charge in [-0.15, -0.1) is 0 Å². The molecule has 0 fully saturated rings. The van der Waals surface area contributed by atoms with Crippen molar-refractivity contribution < 1.29 is 38.0 Å². The van der Waals surface area contributed by atoms with Crippen LogP contribution in [-0.2, 0) is 22.6 Å². The van der Waals surface area contributed by atoms with Gasteiger partial charge in [0, 0.05) is 46.7 Å². The molecular weight excluding hydrogens is 957 g/mol. The second kappa shape index (κ2) is 18.6. The number of nitrogens with two attached hydrogens (primary N) is 2. The van der Waals surface area contributed by atoms with Gasteiger partial charge in [-0.05, 0) is 166 Å². The Morgan fingerprint density at radius 3 is 1.29 bits per heavy atom. The quantitative estimate of drug-likeness (QED) is 0.113. The van der Waals surface area contributed by atoms with Crippen LogP contribution in [0, 0.1) is 27.7 Å². The molecule has 2 aromatic heterocycles. The molecule has 2 amide bonds. The van der Waals surface area contributed by atoms with Crippen LogP contribution in [0.15, 0.2) is 121 Å². The van der Waals surface area contributed by atoms with Crippen LogP contribution in [0.5, 0.6) is 23.0 Å². The minimum Gasteiger partial charge on any atom is -0.486 e. The number of aromatic nitrogens is 2. The zero-order valence-corrected chi connectivity index (χ0v) is 42.4. The lowest BCUT2D eigenvalue weighted by molar-refractivity contribution is 0.0856. The third kappa shape index (κ3) is 8.03. The summed E-state index contributed by atoms with van der Waals surface area (Å²) in [5.74, 6) is 3.84. The molecule has 380 valence electrons. The van der Waals surface area contributed by atoms with Gasteiger partial charge in [-0.1, -0.05) is 60.7 Å². The van der Waals surface area contributed by atoms with Crippen molar-refractivity contribution in [3.63, 3.8) is 0 Å². The first-order chi connectivity index (χ1) is 36.9. The Balaban J connectivity index is 0.000000146. The number of rotatable bonds is 8. The van der Waals surface area contributed by atoms with Gasteiger partial charge in [0.2, 0.25) is 0 Å². The van der Waals surface area contributed by atoms with Crippen molar-refractivity contribution in [2.24, 2.45) is 0 Å². The van der Waals surface area contributed by atoms with E-state index in [1.54, 1.807) is 0 Å². The van der Waals surface area contributed by atoms with Crippen LogP contribution >= 0.6 is 0 Å². The number of fused-ring (bicyclic) bond motifs is 18. The number of carbonyl (C=O) groups is 2. The van der Waals surface area contributed by atoms with E-state index in [0.717, 1.165) is 118 Å². The van der Waals surface area contributed by atoms with E-state index in [9.17, 15) is 9.59 Å². The van der Waals surface area contributed by atoms with E-state index in [1.807, 2.05) is 100 Å². The standard InChI is InChI=1S/2C31H27N3O4/c1-16-12-27(32)34-17(2)25(16)15-33-31(35)19-7-9-22-24(14-19)29-21-8-6-18(13-23(21)28(22)38-29)20-4-3-5-26-30(20)37-11-10-36-26;1-16-12-27(32)34-17(2)25(16)15-33-31(35)19-7-9-22-24(14-19)29-23-13-18(6-8-21(23)28(22)38-29)20-4-3-5-26-30(20)37-11-10-36-26/h2*3-9,12-14,28-29H,10-11,15H2,1-2H3,(H2,32,34)(H,33,35). The van der Waals surface area contributed by atoms with Gasteiger partial charge in [0.1, 0.15) is 62.5 Å². The highest BCUT2D eigenvalue weighted by molar-refractivity contribution is 5.95. The van der Waals surface area contributed by atoms with Gasteiger partial charge in [-0.3, -0.25) is 9.59 Å². The van der Waals surface area contributed by atoms with Crippen molar-refractivity contribution in [3.05, 3.63) is 211 Å². The molecule has 6 aromatic carbocycles. The van der Waals surface area contributed by atoms with E-state index in [0.29, 0.717) is 62.3 Å². The largest absolute Gasteiger partial charge is 0.486 e. The molecule has 8 aromatic rings. The third-order valence-corrected chi connectivity index (χ3v) is 15.4. The van der Waals surface area contributed by atoms with Crippen molar-refractivity contribution in [2.75, 3.05) is 37.9 Å². The molecule has 0 saturated heterocycles. The zero-order valence-electron chi connectivity index (χ0n) is 42.4. The summed E-state index contributed by atoms with van der Waals surface area (Å²) in [5.41, 5.74) is 31.6. The molecule has 0 aliphatic carbocycles. The number of hydrogen-bond donors (Lipinski definition) is 4. The molecule has 6 aliphatic heterocycles. The molecule has 4 unspecified atom stereocenters. The number of nitrogens with one attached hydrogen (secondary N) is 2. The Labute approximate surface area is 439 Å². The van der Waals surface area contributed by atoms with Gasteiger partial charge in [0.25, 0.3) is 11.8 Å². The number of pyridine rings is 2. The van der Waals surface area contributed by atoms with Crippen LogP contribution in [0.25, 0.3) is 22.3 Å². The summed E-state index contributed by atoms with van der Waals surface area (Å²) in [6, 6.07) is 40.2. The highest BCUT2D eigenvalue weighted by Crippen LogP contribution is 2.57. The average Bonchev–Trinajstić information content (AvgIpc) is 4.28. The van der Waals surface area contributed by atoms with Crippen molar-refractivity contribution in [2.45, 2.75) is 65.2 Å². The van der Waals surface area contributed by atoms with Crippen LogP contribution in [0.1, 0.15) is 123 Å². The number of carbonyl (C=O) groups excluding carboxylic acids is 2. The molecule has 14 nitrogen and oxygen atoms in total. The Hall–Kier alpha value is -8.72. The summed E-state index contributed by atoms with van der Waals surface area (Å²) in [6.07, 6.45) is -0.654. The fourth-order valence-corrected chi connectivity index (χ4v) is 11.8. The van der Waals surface area contributed by atoms with Gasteiger partial charge in [-0.2, -0.15) is 0 Å². The number of anilines is 2. The topological polar surface area (TPSA) is 191 Å². The summed E-state index contributed by atoms with van der Waals surface area (Å²) in [5, 5.41) is 6.08. The monoisotopic (exact) mass is 1010 g/mol. The molecule has 76 heavy (non-hydrogen) atoms. The molecule has 14 rings (SSSR count). The van der Waals surface area contributed by atoms with Crippen molar-refractivity contribution in [1.29, 1.82) is 0 Å². The normalized spacial score (nSPS) is 18.2. The number of para-hydroxylation sites is 2. The maximum Gasteiger partial charge on any atom is 0.251 e. The minimum absolute atomic E-state index is 0.119. The number of benzene rings is 6. The van der Waals surface area contributed by atoms with Gasteiger partial charge in [0.05, 0.1) is 0 Å². The molecular formula is C62H54N6O8. The van der Waals surface area contributed by atoms with Gasteiger partial charge < -0.3 is 50.5 Å². The fraction of sp³-hybridized carbons (Fsp3) is 0.226. The molecule has 8 heterocycles. The van der Waals surface area contributed by atoms with E-state index < -0.39 is 0 Å².